The third-order valence-electron chi connectivity index (χ3n) is 6.93. The van der Waals surface area contributed by atoms with Gasteiger partial charge in [0.2, 0.25) is 0 Å². The van der Waals surface area contributed by atoms with Crippen LogP contribution < -0.4 is 9.47 Å². The Morgan fingerprint density at radius 3 is 1.56 bits per heavy atom. The van der Waals surface area contributed by atoms with E-state index in [1.165, 1.54) is 22.3 Å². The fraction of sp³-hybridized carbons (Fsp3) is 0.613. The summed E-state index contributed by atoms with van der Waals surface area (Å²) < 4.78 is 41.3. The molecule has 2 fully saturated rings. The van der Waals surface area contributed by atoms with Crippen molar-refractivity contribution in [3.8, 4) is 22.6 Å². The van der Waals surface area contributed by atoms with Crippen molar-refractivity contribution in [3.05, 3.63) is 47.5 Å². The Labute approximate surface area is 235 Å². The molecule has 39 heavy (non-hydrogen) atoms. The van der Waals surface area contributed by atoms with Gasteiger partial charge in [0.15, 0.2) is 0 Å². The van der Waals surface area contributed by atoms with Crippen LogP contribution in [0.4, 0.5) is 0 Å². The summed E-state index contributed by atoms with van der Waals surface area (Å²) in [7, 11) is -2.69. The molecule has 0 N–H and O–H groups in total. The molecule has 7 nitrogen and oxygen atoms in total. The monoisotopic (exact) mass is 558 g/mol. The molecule has 0 amide bonds. The molecule has 0 aromatic heterocycles. The van der Waals surface area contributed by atoms with Gasteiger partial charge in [-0.15, -0.1) is 0 Å². The summed E-state index contributed by atoms with van der Waals surface area (Å²) in [6.07, 6.45) is 5.47. The molecule has 0 saturated carbocycles. The van der Waals surface area contributed by atoms with E-state index in [9.17, 15) is 0 Å². The SMILES string of the molecule is CCCCc1cc(-c2ccc(OCC3CO3)c(CCC[Si](OCC)(OCC)OCC)c2)ccc1OCC1CO1. The van der Waals surface area contributed by atoms with E-state index in [1.54, 1.807) is 0 Å². The molecule has 2 saturated heterocycles. The largest absolute Gasteiger partial charge is 0.500 e. The van der Waals surface area contributed by atoms with Crippen LogP contribution >= 0.6 is 0 Å². The van der Waals surface area contributed by atoms with E-state index in [4.69, 9.17) is 32.2 Å². The number of ether oxygens (including phenoxy) is 4. The Hall–Kier alpha value is -1.94. The van der Waals surface area contributed by atoms with E-state index in [0.717, 1.165) is 62.9 Å². The lowest BCUT2D eigenvalue weighted by Crippen LogP contribution is -2.46. The maximum absolute atomic E-state index is 6.19. The summed E-state index contributed by atoms with van der Waals surface area (Å²) >= 11 is 0. The fourth-order valence-electron chi connectivity index (χ4n) is 4.75. The van der Waals surface area contributed by atoms with E-state index in [0.29, 0.717) is 33.0 Å². The van der Waals surface area contributed by atoms with Crippen molar-refractivity contribution in [1.29, 1.82) is 0 Å². The number of unbranched alkanes of at least 4 members (excludes halogenated alkanes) is 1. The standard InChI is InChI=1S/C31H46O7Si/c1-5-9-11-26-18-24(13-15-30(26)34-22-28-20-32-28)25-14-16-31(35-23-29-21-33-29)27(19-25)12-10-17-39(36-6-2,37-7-3)38-8-4/h13-16,18-19,28-29H,5-12,17,20-23H2,1-4H3. The molecule has 2 aromatic rings. The highest BCUT2D eigenvalue weighted by molar-refractivity contribution is 6.60. The van der Waals surface area contributed by atoms with Gasteiger partial charge in [0, 0.05) is 25.9 Å². The van der Waals surface area contributed by atoms with Crippen molar-refractivity contribution in [2.24, 2.45) is 0 Å². The first-order valence-corrected chi connectivity index (χ1v) is 16.7. The van der Waals surface area contributed by atoms with E-state index < -0.39 is 8.80 Å². The number of benzene rings is 2. The molecule has 0 aliphatic carbocycles. The minimum Gasteiger partial charge on any atom is -0.491 e. The predicted molar refractivity (Wildman–Crippen MR) is 155 cm³/mol. The summed E-state index contributed by atoms with van der Waals surface area (Å²) in [5.41, 5.74) is 4.81. The van der Waals surface area contributed by atoms with Gasteiger partial charge in [0.1, 0.15) is 36.9 Å². The second-order valence-electron chi connectivity index (χ2n) is 10.1. The maximum Gasteiger partial charge on any atom is 0.500 e. The van der Waals surface area contributed by atoms with Crippen molar-refractivity contribution < 1.29 is 32.2 Å². The van der Waals surface area contributed by atoms with Crippen LogP contribution in [0.15, 0.2) is 36.4 Å². The van der Waals surface area contributed by atoms with Gasteiger partial charge in [-0.1, -0.05) is 25.5 Å². The first-order chi connectivity index (χ1) is 19.1. The highest BCUT2D eigenvalue weighted by Gasteiger charge is 2.39. The Kier molecular flexibility index (Phi) is 11.7. The summed E-state index contributed by atoms with van der Waals surface area (Å²) in [5.74, 6) is 1.89. The third kappa shape index (κ3) is 9.30. The highest BCUT2D eigenvalue weighted by atomic mass is 28.4. The Morgan fingerprint density at radius 1 is 0.692 bits per heavy atom. The first-order valence-electron chi connectivity index (χ1n) is 14.8. The lowest BCUT2D eigenvalue weighted by molar-refractivity contribution is 0.0708. The minimum absolute atomic E-state index is 0.209. The smallest absolute Gasteiger partial charge is 0.491 e. The summed E-state index contributed by atoms with van der Waals surface area (Å²) in [6.45, 7) is 12.8. The zero-order valence-electron chi connectivity index (χ0n) is 24.2. The quantitative estimate of drug-likeness (QED) is 0.141. The van der Waals surface area contributed by atoms with Crippen LogP contribution in [0.5, 0.6) is 11.5 Å². The Bertz CT molecular complexity index is 1000. The van der Waals surface area contributed by atoms with Crippen molar-refractivity contribution in [2.45, 2.75) is 78.1 Å². The van der Waals surface area contributed by atoms with Gasteiger partial charge in [0.05, 0.1) is 13.2 Å². The second kappa shape index (κ2) is 15.2. The van der Waals surface area contributed by atoms with Gasteiger partial charge >= 0.3 is 8.80 Å². The molecule has 2 aromatic carbocycles. The van der Waals surface area contributed by atoms with Crippen molar-refractivity contribution in [1.82, 2.24) is 0 Å². The van der Waals surface area contributed by atoms with E-state index in [1.807, 2.05) is 20.8 Å². The minimum atomic E-state index is -2.69. The molecule has 2 aliphatic rings. The summed E-state index contributed by atoms with van der Waals surface area (Å²) in [6, 6.07) is 13.9. The van der Waals surface area contributed by atoms with Gasteiger partial charge < -0.3 is 32.2 Å². The normalized spacial score (nSPS) is 18.3. The zero-order valence-corrected chi connectivity index (χ0v) is 25.2. The number of hydrogen-bond donors (Lipinski definition) is 0. The molecule has 0 bridgehead atoms. The number of rotatable bonds is 20. The predicted octanol–water partition coefficient (Wildman–Crippen LogP) is 6.23. The van der Waals surface area contributed by atoms with Crippen molar-refractivity contribution >= 4 is 8.80 Å². The molecule has 4 rings (SSSR count). The molecule has 2 heterocycles. The number of epoxide rings is 2. The summed E-state index contributed by atoms with van der Waals surface area (Å²) in [5, 5.41) is 0. The van der Waals surface area contributed by atoms with E-state index in [2.05, 4.69) is 43.3 Å². The molecule has 8 heteroatoms. The molecular formula is C31H46O7Si. The lowest BCUT2D eigenvalue weighted by atomic mass is 9.97. The van der Waals surface area contributed by atoms with Gasteiger partial charge in [-0.05, 0) is 93.0 Å². The van der Waals surface area contributed by atoms with Gasteiger partial charge in [-0.2, -0.15) is 0 Å². The molecule has 0 spiro atoms. The van der Waals surface area contributed by atoms with Crippen molar-refractivity contribution in [3.63, 3.8) is 0 Å². The number of hydrogen-bond acceptors (Lipinski definition) is 7. The molecule has 216 valence electrons. The highest BCUT2D eigenvalue weighted by Crippen LogP contribution is 2.33. The van der Waals surface area contributed by atoms with Crippen LogP contribution in [0.3, 0.4) is 0 Å². The van der Waals surface area contributed by atoms with Gasteiger partial charge in [-0.25, -0.2) is 0 Å². The topological polar surface area (TPSA) is 71.2 Å². The lowest BCUT2D eigenvalue weighted by Gasteiger charge is -2.28. The van der Waals surface area contributed by atoms with Crippen LogP contribution in [-0.4, -0.2) is 67.3 Å². The molecule has 0 radical (unpaired) electrons. The number of aryl methyl sites for hydroxylation is 2. The van der Waals surface area contributed by atoms with Crippen LogP contribution in [-0.2, 0) is 35.6 Å². The van der Waals surface area contributed by atoms with E-state index in [-0.39, 0.29) is 12.2 Å². The average molecular weight is 559 g/mol. The van der Waals surface area contributed by atoms with Crippen LogP contribution in [0, 0.1) is 0 Å². The average Bonchev–Trinajstić information content (AvgIpc) is 3.86. The molecule has 2 atom stereocenters. The van der Waals surface area contributed by atoms with Gasteiger partial charge in [0.25, 0.3) is 0 Å². The van der Waals surface area contributed by atoms with Crippen LogP contribution in [0.1, 0.15) is 58.1 Å². The molecule has 2 aliphatic heterocycles. The Morgan fingerprint density at radius 2 is 1.15 bits per heavy atom. The summed E-state index contributed by atoms with van der Waals surface area (Å²) in [4.78, 5) is 0. The van der Waals surface area contributed by atoms with E-state index >= 15 is 0 Å². The molecular weight excluding hydrogens is 512 g/mol. The maximum atomic E-state index is 6.19. The van der Waals surface area contributed by atoms with Crippen molar-refractivity contribution in [2.75, 3.05) is 46.2 Å². The van der Waals surface area contributed by atoms with Crippen LogP contribution in [0.25, 0.3) is 11.1 Å². The van der Waals surface area contributed by atoms with Crippen LogP contribution in [0.2, 0.25) is 6.04 Å². The second-order valence-corrected chi connectivity index (χ2v) is 12.8. The third-order valence-corrected chi connectivity index (χ3v) is 10.1. The Balaban J connectivity index is 1.53. The first kappa shape index (κ1) is 30.0. The van der Waals surface area contributed by atoms with Gasteiger partial charge in [-0.3, -0.25) is 0 Å². The molecule has 2 unspecified atom stereocenters. The fourth-order valence-corrected chi connectivity index (χ4v) is 7.36. The zero-order chi connectivity index (χ0) is 27.5.